The first-order valence-electron chi connectivity index (χ1n) is 7.51. The minimum atomic E-state index is -2.06. The van der Waals surface area contributed by atoms with E-state index in [0.29, 0.717) is 12.0 Å². The second-order valence-corrected chi connectivity index (χ2v) is 9.67. The summed E-state index contributed by atoms with van der Waals surface area (Å²) in [5, 5.41) is 1.23. The highest BCUT2D eigenvalue weighted by Crippen LogP contribution is 2.41. The number of benzene rings is 1. The van der Waals surface area contributed by atoms with Gasteiger partial charge in [0.2, 0.25) is 7.59 Å². The first kappa shape index (κ1) is 23.6. The zero-order valence-corrected chi connectivity index (χ0v) is 18.5. The molecule has 28 heavy (non-hydrogen) atoms. The van der Waals surface area contributed by atoms with Crippen molar-refractivity contribution < 1.29 is 14.0 Å². The highest BCUT2D eigenvalue weighted by Gasteiger charge is 2.34. The predicted molar refractivity (Wildman–Crippen MR) is 109 cm³/mol. The fourth-order valence-electron chi connectivity index (χ4n) is 2.05. The van der Waals surface area contributed by atoms with Gasteiger partial charge in [-0.25, -0.2) is 24.4 Å². The summed E-state index contributed by atoms with van der Waals surface area (Å²) in [5.41, 5.74) is 0.229. The molecule has 1 aromatic carbocycles. The van der Waals surface area contributed by atoms with Crippen LogP contribution < -0.4 is 5.06 Å². The zero-order chi connectivity index (χ0) is 21.1. The number of hydroxylamine groups is 1. The molecule has 0 N–H and O–H groups in total. The van der Waals surface area contributed by atoms with Crippen molar-refractivity contribution in [1.29, 1.82) is 0 Å². The third-order valence-corrected chi connectivity index (χ3v) is 4.16. The van der Waals surface area contributed by atoms with E-state index in [1.165, 1.54) is 17.2 Å². The van der Waals surface area contributed by atoms with E-state index in [1.807, 2.05) is 0 Å². The molecule has 0 unspecified atom stereocenters. The second kappa shape index (κ2) is 9.43. The van der Waals surface area contributed by atoms with Crippen molar-refractivity contribution in [1.82, 2.24) is 15.0 Å². The van der Waals surface area contributed by atoms with Crippen LogP contribution in [0.1, 0.15) is 18.6 Å². The summed E-state index contributed by atoms with van der Waals surface area (Å²) in [7, 11) is 0. The van der Waals surface area contributed by atoms with Crippen molar-refractivity contribution in [3.63, 3.8) is 0 Å². The lowest BCUT2D eigenvalue weighted by Crippen LogP contribution is -2.25. The van der Waals surface area contributed by atoms with Crippen LogP contribution >= 0.6 is 69.6 Å². The molecule has 0 amide bonds. The lowest BCUT2D eigenvalue weighted by molar-refractivity contribution is -0.107. The van der Waals surface area contributed by atoms with Crippen molar-refractivity contribution in [3.05, 3.63) is 35.7 Å². The summed E-state index contributed by atoms with van der Waals surface area (Å²) in [6.07, 6.45) is 0.619. The Kier molecular flexibility index (Phi) is 7.95. The first-order valence-corrected chi connectivity index (χ1v) is 9.78. The number of anilines is 1. The summed E-state index contributed by atoms with van der Waals surface area (Å²) >= 11 is 34.9. The molecule has 0 saturated carbocycles. The molecule has 13 heteroatoms. The maximum atomic E-state index is 14.8. The van der Waals surface area contributed by atoms with Gasteiger partial charge in [0.05, 0.1) is 17.9 Å². The van der Waals surface area contributed by atoms with Gasteiger partial charge in [-0.05, 0) is 19.1 Å². The van der Waals surface area contributed by atoms with Crippen molar-refractivity contribution in [3.8, 4) is 11.4 Å². The minimum Gasteiger partial charge on any atom is -0.301 e. The Morgan fingerprint density at radius 1 is 1.07 bits per heavy atom. The number of hydrogen-bond donors (Lipinski definition) is 0. The van der Waals surface area contributed by atoms with E-state index in [1.54, 1.807) is 6.92 Å². The van der Waals surface area contributed by atoms with Crippen molar-refractivity contribution in [2.24, 2.45) is 0 Å². The Balaban J connectivity index is 2.56. The number of hydrogen-bond acceptors (Lipinski definition) is 6. The molecule has 2 rings (SSSR count). The van der Waals surface area contributed by atoms with Gasteiger partial charge in [-0.2, -0.15) is 0 Å². The first-order chi connectivity index (χ1) is 13.0. The fourth-order valence-corrected chi connectivity index (χ4v) is 2.55. The van der Waals surface area contributed by atoms with E-state index in [-0.39, 0.29) is 36.2 Å². The Labute approximate surface area is 189 Å². The van der Waals surface area contributed by atoms with Gasteiger partial charge in [-0.15, -0.1) is 0 Å². The van der Waals surface area contributed by atoms with Crippen LogP contribution in [0.2, 0.25) is 0 Å². The van der Waals surface area contributed by atoms with Crippen LogP contribution in [0.3, 0.4) is 0 Å². The molecule has 152 valence electrons. The zero-order valence-electron chi connectivity index (χ0n) is 14.0. The molecule has 1 heterocycles. The highest BCUT2D eigenvalue weighted by molar-refractivity contribution is 6.67. The molecule has 0 radical (unpaired) electrons. The monoisotopic (exact) mass is 508 g/mol. The van der Waals surface area contributed by atoms with E-state index >= 15 is 0 Å². The van der Waals surface area contributed by atoms with Crippen LogP contribution in [-0.2, 0) is 17.2 Å². The summed E-state index contributed by atoms with van der Waals surface area (Å²) < 4.78 is 10.6. The molecule has 1 aromatic heterocycles. The van der Waals surface area contributed by atoms with Gasteiger partial charge >= 0.3 is 0 Å². The van der Waals surface area contributed by atoms with Gasteiger partial charge < -0.3 is 4.79 Å². The lowest BCUT2D eigenvalue weighted by Gasteiger charge is -2.21. The van der Waals surface area contributed by atoms with Crippen LogP contribution in [0.4, 0.5) is 10.1 Å². The van der Waals surface area contributed by atoms with E-state index in [4.69, 9.17) is 74.4 Å². The third kappa shape index (κ3) is 5.92. The second-order valence-electron chi connectivity index (χ2n) is 5.11. The Hall–Kier alpha value is -0.670. The Morgan fingerprint density at radius 2 is 1.64 bits per heavy atom. The number of halogens is 7. The largest absolute Gasteiger partial charge is 0.301 e. The number of carbonyl (C=O) groups excluding carboxylic acids is 1. The topological polar surface area (TPSA) is 68.2 Å². The highest BCUT2D eigenvalue weighted by atomic mass is 35.6. The molecular weight excluding hydrogens is 500 g/mol. The smallest absolute Gasteiger partial charge is 0.250 e. The van der Waals surface area contributed by atoms with Crippen LogP contribution in [0, 0.1) is 5.82 Å². The summed E-state index contributed by atoms with van der Waals surface area (Å²) in [4.78, 5) is 27.8. The maximum Gasteiger partial charge on any atom is 0.250 e. The molecular formula is C15H11Cl6FN4O2. The SMILES string of the molecule is CCON(CC=O)c1ccc(-c2nc(C(Cl)(Cl)Cl)nc(C(Cl)(Cl)Cl)n2)c(F)c1. The van der Waals surface area contributed by atoms with E-state index in [2.05, 4.69) is 15.0 Å². The normalized spacial score (nSPS) is 12.1. The molecule has 0 spiro atoms. The molecule has 0 bridgehead atoms. The van der Waals surface area contributed by atoms with Crippen molar-refractivity contribution in [2.75, 3.05) is 18.2 Å². The summed E-state index contributed by atoms with van der Waals surface area (Å²) in [6, 6.07) is 3.97. The van der Waals surface area contributed by atoms with Crippen LogP contribution in [0.25, 0.3) is 11.4 Å². The number of alkyl halides is 6. The van der Waals surface area contributed by atoms with E-state index < -0.39 is 13.4 Å². The number of nitrogens with zero attached hydrogens (tertiary/aromatic N) is 4. The average Bonchev–Trinajstić information content (AvgIpc) is 2.59. The summed E-state index contributed by atoms with van der Waals surface area (Å²) in [5.74, 6) is -1.64. The number of aldehydes is 1. The predicted octanol–water partition coefficient (Wildman–Crippen LogP) is 5.29. The van der Waals surface area contributed by atoms with Crippen molar-refractivity contribution in [2.45, 2.75) is 14.5 Å². The Bertz CT molecular complexity index is 827. The van der Waals surface area contributed by atoms with Crippen LogP contribution in [-0.4, -0.2) is 34.4 Å². The van der Waals surface area contributed by atoms with Crippen LogP contribution in [0.5, 0.6) is 0 Å². The van der Waals surface area contributed by atoms with Gasteiger partial charge in [0.25, 0.3) is 0 Å². The number of rotatable bonds is 6. The van der Waals surface area contributed by atoms with Gasteiger partial charge in [-0.1, -0.05) is 69.6 Å². The standard InChI is InChI=1S/C15H11Cl6FN4O2/c1-2-28-26(5-6-27)8-3-4-9(10(22)7-8)11-23-12(14(16,17)18)25-13(24-11)15(19,20)21/h3-4,6-7H,2,5H2,1H3. The maximum absolute atomic E-state index is 14.8. The van der Waals surface area contributed by atoms with Gasteiger partial charge in [-0.3, -0.25) is 4.84 Å². The summed E-state index contributed by atoms with van der Waals surface area (Å²) in [6.45, 7) is 1.92. The number of carbonyl (C=O) groups is 1. The van der Waals surface area contributed by atoms with Crippen LogP contribution in [0.15, 0.2) is 18.2 Å². The van der Waals surface area contributed by atoms with Gasteiger partial charge in [0, 0.05) is 6.07 Å². The molecule has 0 aliphatic rings. The molecule has 6 nitrogen and oxygen atoms in total. The molecule has 0 fully saturated rings. The fraction of sp³-hybridized carbons (Fsp3) is 0.333. The number of aromatic nitrogens is 3. The van der Waals surface area contributed by atoms with Gasteiger partial charge in [0.1, 0.15) is 18.6 Å². The van der Waals surface area contributed by atoms with E-state index in [0.717, 1.165) is 6.07 Å². The molecule has 2 aromatic rings. The Morgan fingerprint density at radius 3 is 2.07 bits per heavy atom. The van der Waals surface area contributed by atoms with E-state index in [9.17, 15) is 9.18 Å². The molecule has 0 atom stereocenters. The molecule has 0 aliphatic carbocycles. The minimum absolute atomic E-state index is 0.0697. The lowest BCUT2D eigenvalue weighted by atomic mass is 10.1. The molecule has 0 saturated heterocycles. The quantitative estimate of drug-likeness (QED) is 0.299. The van der Waals surface area contributed by atoms with Crippen molar-refractivity contribution >= 4 is 81.6 Å². The van der Waals surface area contributed by atoms with Gasteiger partial charge in [0.15, 0.2) is 17.5 Å². The average molecular weight is 511 g/mol. The molecule has 0 aliphatic heterocycles. The third-order valence-electron chi connectivity index (χ3n) is 3.15.